The first-order valence-corrected chi connectivity index (χ1v) is 9.17. The summed E-state index contributed by atoms with van der Waals surface area (Å²) in [4.78, 5) is 23.2. The zero-order valence-corrected chi connectivity index (χ0v) is 14.7. The van der Waals surface area contributed by atoms with E-state index in [0.717, 1.165) is 5.56 Å². The third kappa shape index (κ3) is 4.67. The van der Waals surface area contributed by atoms with Crippen molar-refractivity contribution < 1.29 is 22.7 Å². The molecule has 0 spiro atoms. The van der Waals surface area contributed by atoms with Gasteiger partial charge in [0.2, 0.25) is 0 Å². The van der Waals surface area contributed by atoms with Gasteiger partial charge in [0.05, 0.1) is 11.5 Å². The van der Waals surface area contributed by atoms with E-state index in [9.17, 15) is 18.0 Å². The zero-order chi connectivity index (χ0) is 18.4. The Balaban J connectivity index is 2.27. The Kier molecular flexibility index (Phi) is 5.93. The summed E-state index contributed by atoms with van der Waals surface area (Å²) in [5, 5.41) is 0. The number of ether oxygens (including phenoxy) is 1. The number of rotatable bonds is 7. The summed E-state index contributed by atoms with van der Waals surface area (Å²) in [6.07, 6.45) is 0.478. The van der Waals surface area contributed by atoms with Crippen LogP contribution in [0.25, 0.3) is 0 Å². The van der Waals surface area contributed by atoms with Gasteiger partial charge in [-0.25, -0.2) is 8.42 Å². The molecule has 6 nitrogen and oxygen atoms in total. The molecule has 1 unspecified atom stereocenters. The highest BCUT2D eigenvalue weighted by Gasteiger charge is 2.22. The second kappa shape index (κ2) is 7.94. The number of sulfonamides is 1. The predicted molar refractivity (Wildman–Crippen MR) is 93.9 cm³/mol. The Morgan fingerprint density at radius 1 is 1.20 bits per heavy atom. The third-order valence-corrected chi connectivity index (χ3v) is 4.90. The van der Waals surface area contributed by atoms with Crippen molar-refractivity contribution in [2.75, 3.05) is 11.3 Å². The van der Waals surface area contributed by atoms with Gasteiger partial charge in [0.1, 0.15) is 12.2 Å². The third-order valence-electron chi connectivity index (χ3n) is 3.51. The molecule has 2 rings (SSSR count). The average Bonchev–Trinajstić information content (AvgIpc) is 2.56. The number of nitrogens with one attached hydrogen (secondary N) is 1. The monoisotopic (exact) mass is 361 g/mol. The summed E-state index contributed by atoms with van der Waals surface area (Å²) in [5.41, 5.74) is 1.57. The molecule has 2 aromatic carbocycles. The van der Waals surface area contributed by atoms with Gasteiger partial charge in [0.25, 0.3) is 10.0 Å². The highest BCUT2D eigenvalue weighted by molar-refractivity contribution is 7.92. The number of hydrogen-bond acceptors (Lipinski definition) is 5. The lowest BCUT2D eigenvalue weighted by molar-refractivity contribution is -0.146. The maximum atomic E-state index is 12.4. The first-order chi connectivity index (χ1) is 11.9. The number of carbonyl (C=O) groups excluding carboxylic acids is 2. The van der Waals surface area contributed by atoms with Crippen molar-refractivity contribution in [3.63, 3.8) is 0 Å². The molecule has 0 bridgehead atoms. The van der Waals surface area contributed by atoms with Crippen LogP contribution in [0.2, 0.25) is 0 Å². The number of hydrogen-bond donors (Lipinski definition) is 1. The van der Waals surface area contributed by atoms with Crippen LogP contribution in [-0.4, -0.2) is 27.3 Å². The molecule has 1 N–H and O–H groups in total. The molecule has 0 aliphatic carbocycles. The fraction of sp³-hybridized carbons (Fsp3) is 0.222. The predicted octanol–water partition coefficient (Wildman–Crippen LogP) is 2.64. The smallest absolute Gasteiger partial charge is 0.320 e. The molecule has 132 valence electrons. The van der Waals surface area contributed by atoms with Crippen LogP contribution in [0.3, 0.4) is 0 Å². The Morgan fingerprint density at radius 3 is 2.48 bits per heavy atom. The van der Waals surface area contributed by atoms with Crippen LogP contribution in [0.4, 0.5) is 5.69 Å². The van der Waals surface area contributed by atoms with Gasteiger partial charge in [-0.2, -0.15) is 0 Å². The molecule has 0 saturated carbocycles. The van der Waals surface area contributed by atoms with Crippen molar-refractivity contribution in [2.24, 2.45) is 0 Å². The van der Waals surface area contributed by atoms with Gasteiger partial charge >= 0.3 is 5.97 Å². The summed E-state index contributed by atoms with van der Waals surface area (Å²) in [5.74, 6) is -1.76. The van der Waals surface area contributed by atoms with E-state index in [-0.39, 0.29) is 17.2 Å². The number of aldehydes is 1. The van der Waals surface area contributed by atoms with Gasteiger partial charge in [-0.15, -0.1) is 0 Å². The van der Waals surface area contributed by atoms with Crippen LogP contribution >= 0.6 is 0 Å². The van der Waals surface area contributed by atoms with Gasteiger partial charge < -0.3 is 9.53 Å². The van der Waals surface area contributed by atoms with Crippen molar-refractivity contribution in [1.82, 2.24) is 0 Å². The maximum absolute atomic E-state index is 12.4. The minimum atomic E-state index is -3.76. The van der Waals surface area contributed by atoms with E-state index in [1.54, 1.807) is 37.3 Å². The summed E-state index contributed by atoms with van der Waals surface area (Å²) in [7, 11) is -3.76. The molecular weight excluding hydrogens is 342 g/mol. The number of esters is 1. The van der Waals surface area contributed by atoms with Crippen LogP contribution in [0.5, 0.6) is 0 Å². The van der Waals surface area contributed by atoms with Crippen molar-refractivity contribution in [3.05, 3.63) is 59.7 Å². The quantitative estimate of drug-likeness (QED) is 0.465. The van der Waals surface area contributed by atoms with Gasteiger partial charge in [-0.1, -0.05) is 29.8 Å². The minimum absolute atomic E-state index is 0.126. The largest absolute Gasteiger partial charge is 0.465 e. The highest BCUT2D eigenvalue weighted by Crippen LogP contribution is 2.22. The van der Waals surface area contributed by atoms with E-state index in [4.69, 9.17) is 4.74 Å². The zero-order valence-electron chi connectivity index (χ0n) is 13.9. The van der Waals surface area contributed by atoms with Crippen LogP contribution in [-0.2, 0) is 24.3 Å². The van der Waals surface area contributed by atoms with Crippen LogP contribution in [0.1, 0.15) is 24.0 Å². The fourth-order valence-electron chi connectivity index (χ4n) is 2.23. The topological polar surface area (TPSA) is 89.5 Å². The molecular formula is C18H19NO5S. The van der Waals surface area contributed by atoms with Crippen molar-refractivity contribution in [2.45, 2.75) is 24.7 Å². The lowest BCUT2D eigenvalue weighted by Crippen LogP contribution is -2.18. The lowest BCUT2D eigenvalue weighted by atomic mass is 10.0. The molecule has 2 aromatic rings. The van der Waals surface area contributed by atoms with Gasteiger partial charge in [0.15, 0.2) is 0 Å². The molecule has 0 heterocycles. The number of anilines is 1. The number of benzene rings is 2. The number of aryl methyl sites for hydroxylation is 1. The van der Waals surface area contributed by atoms with E-state index >= 15 is 0 Å². The van der Waals surface area contributed by atoms with Crippen LogP contribution in [0, 0.1) is 6.92 Å². The molecule has 0 aliphatic heterocycles. The molecule has 7 heteroatoms. The second-order valence-electron chi connectivity index (χ2n) is 5.41. The Labute approximate surface area is 146 Å². The Morgan fingerprint density at radius 2 is 1.88 bits per heavy atom. The van der Waals surface area contributed by atoms with Crippen LogP contribution in [0.15, 0.2) is 53.4 Å². The SMILES string of the molecule is CCOC(=O)C(C=O)c1cccc(NS(=O)(=O)c2ccc(C)cc2)c1. The first-order valence-electron chi connectivity index (χ1n) is 7.68. The first kappa shape index (κ1) is 18.7. The van der Waals surface area contributed by atoms with Crippen molar-refractivity contribution in [1.29, 1.82) is 0 Å². The van der Waals surface area contributed by atoms with Gasteiger partial charge in [-0.05, 0) is 43.7 Å². The Bertz CT molecular complexity index is 859. The number of carbonyl (C=O) groups is 2. The average molecular weight is 361 g/mol. The van der Waals surface area contributed by atoms with Crippen LogP contribution < -0.4 is 4.72 Å². The summed E-state index contributed by atoms with van der Waals surface area (Å²) < 4.78 is 32.2. The molecule has 0 radical (unpaired) electrons. The molecule has 0 aromatic heterocycles. The van der Waals surface area contributed by atoms with Crippen molar-refractivity contribution >= 4 is 28.0 Å². The Hall–Kier alpha value is -2.67. The molecule has 0 amide bonds. The lowest BCUT2D eigenvalue weighted by Gasteiger charge is -2.13. The molecule has 0 aliphatic rings. The molecule has 25 heavy (non-hydrogen) atoms. The van der Waals surface area contributed by atoms with E-state index in [1.165, 1.54) is 18.2 Å². The normalized spacial score (nSPS) is 12.2. The standard InChI is InChI=1S/C18H19NO5S/c1-3-24-18(21)17(12-20)14-5-4-6-15(11-14)19-25(22,23)16-9-7-13(2)8-10-16/h4-12,17,19H,3H2,1-2H3. The van der Waals surface area contributed by atoms with Gasteiger partial charge in [-0.3, -0.25) is 9.52 Å². The maximum Gasteiger partial charge on any atom is 0.320 e. The summed E-state index contributed by atoms with van der Waals surface area (Å²) >= 11 is 0. The molecule has 0 fully saturated rings. The highest BCUT2D eigenvalue weighted by atomic mass is 32.2. The van der Waals surface area contributed by atoms with Gasteiger partial charge in [0, 0.05) is 5.69 Å². The summed E-state index contributed by atoms with van der Waals surface area (Å²) in [6, 6.07) is 12.5. The summed E-state index contributed by atoms with van der Waals surface area (Å²) in [6.45, 7) is 3.66. The fourth-order valence-corrected chi connectivity index (χ4v) is 3.28. The van der Waals surface area contributed by atoms with E-state index in [1.807, 2.05) is 6.92 Å². The molecule has 0 saturated heterocycles. The second-order valence-corrected chi connectivity index (χ2v) is 7.09. The van der Waals surface area contributed by atoms with E-state index in [0.29, 0.717) is 11.8 Å². The molecule has 1 atom stereocenters. The van der Waals surface area contributed by atoms with E-state index < -0.39 is 21.9 Å². The van der Waals surface area contributed by atoms with Crippen molar-refractivity contribution in [3.8, 4) is 0 Å². The minimum Gasteiger partial charge on any atom is -0.465 e. The van der Waals surface area contributed by atoms with E-state index in [2.05, 4.69) is 4.72 Å².